The Labute approximate surface area is 111 Å². The summed E-state index contributed by atoms with van der Waals surface area (Å²) in [5.74, 6) is -1.07. The van der Waals surface area contributed by atoms with E-state index in [1.165, 1.54) is 12.1 Å². The first-order chi connectivity index (χ1) is 9.02. The second-order valence-electron chi connectivity index (χ2n) is 4.28. The molecule has 0 aliphatic rings. The molecule has 19 heavy (non-hydrogen) atoms. The van der Waals surface area contributed by atoms with Gasteiger partial charge in [-0.3, -0.25) is 10.3 Å². The van der Waals surface area contributed by atoms with Crippen LogP contribution in [0.5, 0.6) is 0 Å². The summed E-state index contributed by atoms with van der Waals surface area (Å²) in [6.45, 7) is 1.97. The summed E-state index contributed by atoms with van der Waals surface area (Å²) in [4.78, 5) is 1.92. The van der Waals surface area contributed by atoms with E-state index in [-0.39, 0.29) is 5.84 Å². The van der Waals surface area contributed by atoms with Crippen molar-refractivity contribution in [1.82, 2.24) is 4.90 Å². The molecule has 1 aromatic carbocycles. The number of nitrogens with one attached hydrogen (secondary N) is 1. The number of benzene rings is 1. The quantitative estimate of drug-likeness (QED) is 0.559. The summed E-state index contributed by atoms with van der Waals surface area (Å²) in [7, 11) is 1.58. The molecule has 0 bridgehead atoms. The van der Waals surface area contributed by atoms with E-state index >= 15 is 0 Å². The van der Waals surface area contributed by atoms with Gasteiger partial charge in [-0.15, -0.1) is 0 Å². The number of hydrogen-bond donors (Lipinski definition) is 2. The molecule has 0 aliphatic carbocycles. The van der Waals surface area contributed by atoms with Crippen LogP contribution in [0.2, 0.25) is 0 Å². The van der Waals surface area contributed by atoms with Crippen molar-refractivity contribution in [3.63, 3.8) is 0 Å². The Morgan fingerprint density at radius 3 is 2.68 bits per heavy atom. The van der Waals surface area contributed by atoms with E-state index in [1.807, 2.05) is 4.90 Å². The highest BCUT2D eigenvalue weighted by molar-refractivity contribution is 5.76. The number of ether oxygens (including phenoxy) is 1. The third-order valence-electron chi connectivity index (χ3n) is 2.72. The van der Waals surface area contributed by atoms with Crippen molar-refractivity contribution < 1.29 is 13.5 Å². The summed E-state index contributed by atoms with van der Waals surface area (Å²) >= 11 is 0. The first-order valence-electron chi connectivity index (χ1n) is 6.01. The number of hydrogen-bond acceptors (Lipinski definition) is 3. The van der Waals surface area contributed by atoms with Gasteiger partial charge in [-0.25, -0.2) is 8.78 Å². The monoisotopic (exact) mass is 271 g/mol. The van der Waals surface area contributed by atoms with Gasteiger partial charge in [0.2, 0.25) is 0 Å². The molecular formula is C13H19F2N3O. The van der Waals surface area contributed by atoms with Crippen LogP contribution in [-0.2, 0) is 11.3 Å². The maximum Gasteiger partial charge on any atom is 0.130 e. The smallest absolute Gasteiger partial charge is 0.130 e. The van der Waals surface area contributed by atoms with Gasteiger partial charge in [0.05, 0.1) is 12.4 Å². The Balaban J connectivity index is 2.66. The topological polar surface area (TPSA) is 62.3 Å². The number of halogens is 2. The van der Waals surface area contributed by atoms with Gasteiger partial charge < -0.3 is 10.5 Å². The number of nitrogens with two attached hydrogens (primary N) is 1. The maximum absolute atomic E-state index is 13.6. The average Bonchev–Trinajstić information content (AvgIpc) is 2.35. The highest BCUT2D eigenvalue weighted by atomic mass is 19.1. The standard InChI is InChI=1S/C13H19F2N3O/c1-19-7-6-18(5-4-13(16)17)9-10-2-3-11(14)8-12(10)15/h2-3,8H,4-7,9H2,1H3,(H3,16,17). The molecule has 0 unspecified atom stereocenters. The molecule has 6 heteroatoms. The number of amidine groups is 1. The lowest BCUT2D eigenvalue weighted by Gasteiger charge is -2.22. The second kappa shape index (κ2) is 7.81. The molecular weight excluding hydrogens is 252 g/mol. The summed E-state index contributed by atoms with van der Waals surface area (Å²) in [6.07, 6.45) is 0.409. The first kappa shape index (κ1) is 15.5. The molecule has 0 saturated carbocycles. The van der Waals surface area contributed by atoms with Crippen LogP contribution in [0.4, 0.5) is 8.78 Å². The molecule has 0 saturated heterocycles. The van der Waals surface area contributed by atoms with Crippen LogP contribution in [0.3, 0.4) is 0 Å². The molecule has 4 nitrogen and oxygen atoms in total. The number of nitrogens with zero attached hydrogens (tertiary/aromatic N) is 1. The highest BCUT2D eigenvalue weighted by Gasteiger charge is 2.10. The molecule has 1 rings (SSSR count). The lowest BCUT2D eigenvalue weighted by atomic mass is 10.2. The average molecular weight is 271 g/mol. The van der Waals surface area contributed by atoms with Crippen LogP contribution in [0.15, 0.2) is 18.2 Å². The van der Waals surface area contributed by atoms with Crippen molar-refractivity contribution >= 4 is 5.84 Å². The Morgan fingerprint density at radius 1 is 1.37 bits per heavy atom. The number of rotatable bonds is 8. The van der Waals surface area contributed by atoms with Gasteiger partial charge in [0.1, 0.15) is 11.6 Å². The minimum Gasteiger partial charge on any atom is -0.388 e. The van der Waals surface area contributed by atoms with Crippen LogP contribution < -0.4 is 5.73 Å². The molecule has 0 heterocycles. The molecule has 106 valence electrons. The molecule has 0 atom stereocenters. The minimum atomic E-state index is -0.589. The molecule has 0 aliphatic heterocycles. The minimum absolute atomic E-state index is 0.0852. The third kappa shape index (κ3) is 5.76. The van der Waals surface area contributed by atoms with E-state index in [1.54, 1.807) is 7.11 Å². The first-order valence-corrected chi connectivity index (χ1v) is 6.01. The molecule has 0 fully saturated rings. The van der Waals surface area contributed by atoms with Crippen LogP contribution in [-0.4, -0.2) is 37.5 Å². The Bertz CT molecular complexity index is 426. The molecule has 0 spiro atoms. The van der Waals surface area contributed by atoms with Crippen molar-refractivity contribution in [2.45, 2.75) is 13.0 Å². The van der Waals surface area contributed by atoms with Crippen LogP contribution in [0.1, 0.15) is 12.0 Å². The van der Waals surface area contributed by atoms with E-state index < -0.39 is 11.6 Å². The molecule has 3 N–H and O–H groups in total. The van der Waals surface area contributed by atoms with Gasteiger partial charge in [-0.05, 0) is 6.07 Å². The summed E-state index contributed by atoms with van der Waals surface area (Å²) in [5.41, 5.74) is 5.73. The van der Waals surface area contributed by atoms with Gasteiger partial charge in [-0.2, -0.15) is 0 Å². The van der Waals surface area contributed by atoms with Crippen molar-refractivity contribution in [2.75, 3.05) is 26.8 Å². The van der Waals surface area contributed by atoms with Crippen LogP contribution in [0, 0.1) is 17.0 Å². The Hall–Kier alpha value is -1.53. The fourth-order valence-corrected chi connectivity index (χ4v) is 1.66. The van der Waals surface area contributed by atoms with Crippen molar-refractivity contribution in [3.8, 4) is 0 Å². The molecule has 1 aromatic rings. The fourth-order valence-electron chi connectivity index (χ4n) is 1.66. The zero-order valence-electron chi connectivity index (χ0n) is 11.0. The lowest BCUT2D eigenvalue weighted by molar-refractivity contribution is 0.145. The van der Waals surface area contributed by atoms with Crippen LogP contribution >= 0.6 is 0 Å². The van der Waals surface area contributed by atoms with E-state index in [9.17, 15) is 8.78 Å². The summed E-state index contributed by atoms with van der Waals surface area (Å²) in [5, 5.41) is 7.21. The van der Waals surface area contributed by atoms with E-state index in [0.717, 1.165) is 6.07 Å². The molecule has 0 aromatic heterocycles. The third-order valence-corrected chi connectivity index (χ3v) is 2.72. The predicted molar refractivity (Wildman–Crippen MR) is 70.0 cm³/mol. The van der Waals surface area contributed by atoms with Crippen LogP contribution in [0.25, 0.3) is 0 Å². The van der Waals surface area contributed by atoms with Crippen molar-refractivity contribution in [1.29, 1.82) is 5.41 Å². The zero-order chi connectivity index (χ0) is 14.3. The fraction of sp³-hybridized carbons (Fsp3) is 0.462. The lowest BCUT2D eigenvalue weighted by Crippen LogP contribution is -2.31. The molecule has 0 radical (unpaired) electrons. The highest BCUT2D eigenvalue weighted by Crippen LogP contribution is 2.12. The predicted octanol–water partition coefficient (Wildman–Crippen LogP) is 1.74. The molecule has 0 amide bonds. The van der Waals surface area contributed by atoms with Gasteiger partial charge in [0.25, 0.3) is 0 Å². The Morgan fingerprint density at radius 2 is 2.11 bits per heavy atom. The van der Waals surface area contributed by atoms with E-state index in [4.69, 9.17) is 15.9 Å². The SMILES string of the molecule is COCCN(CCC(=N)N)Cc1ccc(F)cc1F. The maximum atomic E-state index is 13.6. The summed E-state index contributed by atoms with van der Waals surface area (Å²) < 4.78 is 31.4. The Kier molecular flexibility index (Phi) is 6.38. The largest absolute Gasteiger partial charge is 0.388 e. The van der Waals surface area contributed by atoms with E-state index in [2.05, 4.69) is 0 Å². The normalized spacial score (nSPS) is 10.9. The van der Waals surface area contributed by atoms with Crippen molar-refractivity contribution in [3.05, 3.63) is 35.4 Å². The zero-order valence-corrected chi connectivity index (χ0v) is 11.0. The van der Waals surface area contributed by atoms with Gasteiger partial charge >= 0.3 is 0 Å². The van der Waals surface area contributed by atoms with Gasteiger partial charge in [0, 0.05) is 44.8 Å². The summed E-state index contributed by atoms with van der Waals surface area (Å²) in [6, 6.07) is 3.53. The van der Waals surface area contributed by atoms with Gasteiger partial charge in [-0.1, -0.05) is 6.07 Å². The van der Waals surface area contributed by atoms with Crippen molar-refractivity contribution in [2.24, 2.45) is 5.73 Å². The second-order valence-corrected chi connectivity index (χ2v) is 4.28. The number of methoxy groups -OCH3 is 1. The van der Waals surface area contributed by atoms with Gasteiger partial charge in [0.15, 0.2) is 0 Å². The van der Waals surface area contributed by atoms with E-state index in [0.29, 0.717) is 38.2 Å².